The fraction of sp³-hybridized carbons (Fsp3) is 0.500. The molecule has 4 nitrogen and oxygen atoms in total. The number of rotatable bonds is 3. The molecule has 3 rings (SSSR count). The van der Waals surface area contributed by atoms with Crippen molar-refractivity contribution < 1.29 is 14.2 Å². The molecule has 0 radical (unpaired) electrons. The molecular weight excluding hydrogens is 242 g/mol. The van der Waals surface area contributed by atoms with Gasteiger partial charge in [-0.05, 0) is 19.3 Å². The minimum atomic E-state index is -0.127. The van der Waals surface area contributed by atoms with Crippen LogP contribution in [0.15, 0.2) is 6.07 Å². The molecule has 1 saturated carbocycles. The molecular formula is C12H14ClNO3. The van der Waals surface area contributed by atoms with Gasteiger partial charge in [-0.3, -0.25) is 0 Å². The first kappa shape index (κ1) is 11.0. The molecule has 1 fully saturated rings. The fourth-order valence-electron chi connectivity index (χ4n) is 2.13. The highest BCUT2D eigenvalue weighted by Gasteiger charge is 2.41. The van der Waals surface area contributed by atoms with Crippen molar-refractivity contribution in [3.05, 3.63) is 16.7 Å². The third kappa shape index (κ3) is 1.81. The largest absolute Gasteiger partial charge is 0.495 e. The van der Waals surface area contributed by atoms with Gasteiger partial charge >= 0.3 is 0 Å². The number of halogens is 1. The molecule has 0 atom stereocenters. The summed E-state index contributed by atoms with van der Waals surface area (Å²) < 4.78 is 16.2. The van der Waals surface area contributed by atoms with Gasteiger partial charge in [-0.15, -0.1) is 0 Å². The van der Waals surface area contributed by atoms with Gasteiger partial charge in [0.15, 0.2) is 11.5 Å². The Kier molecular flexibility index (Phi) is 2.38. The van der Waals surface area contributed by atoms with Crippen LogP contribution < -0.4 is 19.9 Å². The van der Waals surface area contributed by atoms with E-state index in [-0.39, 0.29) is 12.3 Å². The van der Waals surface area contributed by atoms with Gasteiger partial charge in [-0.25, -0.2) is 0 Å². The zero-order valence-corrected chi connectivity index (χ0v) is 10.3. The monoisotopic (exact) mass is 255 g/mol. The van der Waals surface area contributed by atoms with Gasteiger partial charge in [0.25, 0.3) is 0 Å². The zero-order valence-electron chi connectivity index (χ0n) is 9.59. The van der Waals surface area contributed by atoms with E-state index in [9.17, 15) is 0 Å². The molecule has 0 saturated heterocycles. The Bertz CT molecular complexity index is 468. The summed E-state index contributed by atoms with van der Waals surface area (Å²) in [5, 5.41) is 0.538. The van der Waals surface area contributed by atoms with E-state index in [1.807, 2.05) is 0 Å². The van der Waals surface area contributed by atoms with E-state index < -0.39 is 0 Å². The van der Waals surface area contributed by atoms with Crippen LogP contribution in [-0.4, -0.2) is 19.4 Å². The third-order valence-electron chi connectivity index (χ3n) is 3.29. The summed E-state index contributed by atoms with van der Waals surface area (Å²) in [5.74, 6) is 2.05. The summed E-state index contributed by atoms with van der Waals surface area (Å²) in [6.45, 7) is 0.226. The average Bonchev–Trinajstić information content (AvgIpc) is 2.84. The van der Waals surface area contributed by atoms with Crippen molar-refractivity contribution in [3.63, 3.8) is 0 Å². The number of methoxy groups -OCH3 is 1. The van der Waals surface area contributed by atoms with Crippen LogP contribution in [0.1, 0.15) is 18.4 Å². The first-order valence-electron chi connectivity index (χ1n) is 5.57. The maximum absolute atomic E-state index is 6.16. The number of hydrogen-bond acceptors (Lipinski definition) is 4. The normalized spacial score (nSPS) is 19.2. The minimum absolute atomic E-state index is 0.127. The van der Waals surface area contributed by atoms with E-state index in [2.05, 4.69) is 0 Å². The Hall–Kier alpha value is -1.13. The van der Waals surface area contributed by atoms with Crippen LogP contribution >= 0.6 is 11.6 Å². The van der Waals surface area contributed by atoms with Gasteiger partial charge in [-0.2, -0.15) is 0 Å². The highest BCUT2D eigenvalue weighted by atomic mass is 35.5. The smallest absolute Gasteiger partial charge is 0.231 e. The van der Waals surface area contributed by atoms with Gasteiger partial charge < -0.3 is 19.9 Å². The van der Waals surface area contributed by atoms with Crippen LogP contribution in [-0.2, 0) is 6.42 Å². The number of nitrogens with two attached hydrogens (primary N) is 1. The molecule has 1 aliphatic heterocycles. The van der Waals surface area contributed by atoms with E-state index in [1.165, 1.54) is 0 Å². The van der Waals surface area contributed by atoms with Crippen LogP contribution in [0, 0.1) is 0 Å². The van der Waals surface area contributed by atoms with E-state index in [4.69, 9.17) is 31.5 Å². The lowest BCUT2D eigenvalue weighted by Crippen LogP contribution is -2.25. The van der Waals surface area contributed by atoms with Crippen molar-refractivity contribution >= 4 is 11.6 Å². The second-order valence-electron chi connectivity index (χ2n) is 4.64. The predicted octanol–water partition coefficient (Wildman–Crippen LogP) is 2.11. The summed E-state index contributed by atoms with van der Waals surface area (Å²) in [6.07, 6.45) is 2.76. The molecule has 0 aromatic heterocycles. The van der Waals surface area contributed by atoms with Crippen molar-refractivity contribution in [1.29, 1.82) is 0 Å². The molecule has 0 amide bonds. The number of fused-ring (bicyclic) bond motifs is 1. The van der Waals surface area contributed by atoms with Crippen LogP contribution in [0.2, 0.25) is 5.02 Å². The third-order valence-corrected chi connectivity index (χ3v) is 3.57. The Balaban J connectivity index is 2.09. The van der Waals surface area contributed by atoms with E-state index in [0.29, 0.717) is 22.9 Å². The summed E-state index contributed by atoms with van der Waals surface area (Å²) in [6, 6.07) is 1.72. The van der Waals surface area contributed by atoms with Crippen LogP contribution in [0.5, 0.6) is 17.2 Å². The molecule has 92 valence electrons. The highest BCUT2D eigenvalue weighted by molar-refractivity contribution is 6.32. The van der Waals surface area contributed by atoms with E-state index >= 15 is 0 Å². The summed E-state index contributed by atoms with van der Waals surface area (Å²) in [5.41, 5.74) is 6.95. The highest BCUT2D eigenvalue weighted by Crippen LogP contribution is 2.49. The van der Waals surface area contributed by atoms with Crippen molar-refractivity contribution in [3.8, 4) is 17.2 Å². The van der Waals surface area contributed by atoms with Gasteiger partial charge in [0.2, 0.25) is 6.79 Å². The molecule has 0 unspecified atom stereocenters. The molecule has 1 aliphatic carbocycles. The summed E-state index contributed by atoms with van der Waals surface area (Å²) in [7, 11) is 1.60. The Labute approximate surface area is 105 Å². The number of hydrogen-bond donors (Lipinski definition) is 1. The Morgan fingerprint density at radius 3 is 2.88 bits per heavy atom. The molecule has 0 spiro atoms. The van der Waals surface area contributed by atoms with Crippen LogP contribution in [0.3, 0.4) is 0 Å². The van der Waals surface area contributed by atoms with Crippen molar-refractivity contribution in [2.45, 2.75) is 24.8 Å². The van der Waals surface area contributed by atoms with Gasteiger partial charge in [-0.1, -0.05) is 11.6 Å². The van der Waals surface area contributed by atoms with Crippen LogP contribution in [0.25, 0.3) is 0 Å². The minimum Gasteiger partial charge on any atom is -0.495 e. The quantitative estimate of drug-likeness (QED) is 0.899. The van der Waals surface area contributed by atoms with Crippen molar-refractivity contribution in [1.82, 2.24) is 0 Å². The molecule has 1 aromatic rings. The second-order valence-corrected chi connectivity index (χ2v) is 5.05. The lowest BCUT2D eigenvalue weighted by molar-refractivity contribution is 0.173. The van der Waals surface area contributed by atoms with Gasteiger partial charge in [0.1, 0.15) is 5.75 Å². The average molecular weight is 256 g/mol. The number of ether oxygens (including phenoxy) is 3. The maximum Gasteiger partial charge on any atom is 0.231 e. The maximum atomic E-state index is 6.16. The first-order chi connectivity index (χ1) is 8.13. The molecule has 2 N–H and O–H groups in total. The van der Waals surface area contributed by atoms with Crippen molar-refractivity contribution in [2.75, 3.05) is 13.9 Å². The molecule has 1 heterocycles. The van der Waals surface area contributed by atoms with Crippen molar-refractivity contribution in [2.24, 2.45) is 5.73 Å². The number of benzene rings is 1. The van der Waals surface area contributed by atoms with Gasteiger partial charge in [0, 0.05) is 17.2 Å². The fourth-order valence-corrected chi connectivity index (χ4v) is 2.42. The Morgan fingerprint density at radius 1 is 1.47 bits per heavy atom. The molecule has 1 aromatic carbocycles. The second kappa shape index (κ2) is 3.68. The zero-order chi connectivity index (χ0) is 12.0. The van der Waals surface area contributed by atoms with E-state index in [1.54, 1.807) is 13.2 Å². The first-order valence-corrected chi connectivity index (χ1v) is 5.95. The van der Waals surface area contributed by atoms with E-state index in [0.717, 1.165) is 24.2 Å². The molecule has 0 bridgehead atoms. The summed E-state index contributed by atoms with van der Waals surface area (Å²) in [4.78, 5) is 0. The van der Waals surface area contributed by atoms with Gasteiger partial charge in [0.05, 0.1) is 12.1 Å². The van der Waals surface area contributed by atoms with Crippen LogP contribution in [0.4, 0.5) is 0 Å². The molecule has 2 aliphatic rings. The lowest BCUT2D eigenvalue weighted by Gasteiger charge is -2.16. The predicted molar refractivity (Wildman–Crippen MR) is 64.0 cm³/mol. The topological polar surface area (TPSA) is 53.7 Å². The summed E-state index contributed by atoms with van der Waals surface area (Å²) >= 11 is 6.16. The standard InChI is InChI=1S/C12H14ClNO3/c1-15-10-7(5-12(14)2-3-12)11-9(4-8(10)13)16-6-17-11/h4H,2-3,5-6,14H2,1H3. The lowest BCUT2D eigenvalue weighted by atomic mass is 10.0. The SMILES string of the molecule is COc1c(Cl)cc2c(c1CC1(N)CC1)OCO2. The Morgan fingerprint density at radius 2 is 2.24 bits per heavy atom. The molecule has 17 heavy (non-hydrogen) atoms. The molecule has 5 heteroatoms.